The van der Waals surface area contributed by atoms with Crippen LogP contribution in [0.3, 0.4) is 0 Å². The van der Waals surface area contributed by atoms with Crippen LogP contribution in [0.25, 0.3) is 10.9 Å². The van der Waals surface area contributed by atoms with Crippen molar-refractivity contribution in [3.8, 4) is 5.75 Å². The molecule has 0 unspecified atom stereocenters. The third-order valence-corrected chi connectivity index (χ3v) is 9.39. The van der Waals surface area contributed by atoms with Crippen LogP contribution in [-0.4, -0.2) is 49.8 Å². The molecule has 1 amide bonds. The number of fused-ring (bicyclic) bond motifs is 3. The second-order valence-electron chi connectivity index (χ2n) is 10.4. The van der Waals surface area contributed by atoms with Gasteiger partial charge in [0.15, 0.2) is 9.84 Å². The molecule has 1 saturated carbocycles. The molecule has 1 N–H and O–H groups in total. The summed E-state index contributed by atoms with van der Waals surface area (Å²) in [5, 5.41) is 3.76. The standard InChI is InChI=1S/C30H28N4O5S/c35-30(21-3-4-23-18-38-11-12-40(36,37)28(23)14-21)32-17-24-15-25-22(16-31-24)6-8-29(33-25)34-9-10-39-27-13-20(19-1-2-19)5-7-26(27)34/h3-8,13-16,19H,1-2,9-12,17-18H2,(H,32,35). The number of carbonyl (C=O) groups is 1. The van der Waals surface area contributed by atoms with Crippen molar-refractivity contribution in [1.29, 1.82) is 0 Å². The number of carbonyl (C=O) groups excluding carboxylic acids is 1. The van der Waals surface area contributed by atoms with Crippen LogP contribution < -0.4 is 15.0 Å². The number of pyridine rings is 2. The average Bonchev–Trinajstić information content (AvgIpc) is 3.84. The molecule has 4 heterocycles. The molecule has 0 spiro atoms. The van der Waals surface area contributed by atoms with E-state index in [-0.39, 0.29) is 41.9 Å². The van der Waals surface area contributed by atoms with Crippen molar-refractivity contribution in [2.45, 2.75) is 36.8 Å². The van der Waals surface area contributed by atoms with Crippen LogP contribution in [-0.2, 0) is 27.7 Å². The number of benzene rings is 2. The van der Waals surface area contributed by atoms with Crippen LogP contribution in [0, 0.1) is 0 Å². The summed E-state index contributed by atoms with van der Waals surface area (Å²) in [5.41, 5.74) is 4.62. The molecule has 2 aromatic heterocycles. The number of nitrogens with zero attached hydrogens (tertiary/aromatic N) is 3. The Hall–Kier alpha value is -4.02. The van der Waals surface area contributed by atoms with Gasteiger partial charge in [0, 0.05) is 17.1 Å². The SMILES string of the molecule is O=C(NCc1cc2nc(N3CCOc4cc(C5CC5)ccc43)ccc2cn1)c1ccc2c(c1)S(=O)(=O)CCOC2. The maximum Gasteiger partial charge on any atom is 0.251 e. The highest BCUT2D eigenvalue weighted by molar-refractivity contribution is 7.91. The Morgan fingerprint density at radius 3 is 2.83 bits per heavy atom. The molecule has 1 fully saturated rings. The van der Waals surface area contributed by atoms with Crippen molar-refractivity contribution in [3.05, 3.63) is 83.2 Å². The van der Waals surface area contributed by atoms with Crippen molar-refractivity contribution >= 4 is 38.2 Å². The highest BCUT2D eigenvalue weighted by Gasteiger charge is 2.27. The van der Waals surface area contributed by atoms with Gasteiger partial charge in [0.25, 0.3) is 5.91 Å². The van der Waals surface area contributed by atoms with Gasteiger partial charge in [-0.15, -0.1) is 0 Å². The third-order valence-electron chi connectivity index (χ3n) is 7.64. The number of aromatic nitrogens is 2. The number of amides is 1. The second kappa shape index (κ2) is 9.87. The van der Waals surface area contributed by atoms with Crippen LogP contribution >= 0.6 is 0 Å². The Morgan fingerprint density at radius 2 is 1.95 bits per heavy atom. The Balaban J connectivity index is 1.10. The number of anilines is 2. The van der Waals surface area contributed by atoms with Gasteiger partial charge >= 0.3 is 0 Å². The minimum Gasteiger partial charge on any atom is -0.490 e. The molecule has 7 rings (SSSR count). The fraction of sp³-hybridized carbons (Fsp3) is 0.300. The lowest BCUT2D eigenvalue weighted by Crippen LogP contribution is -2.29. The van der Waals surface area contributed by atoms with Crippen molar-refractivity contribution in [2.75, 3.05) is 30.4 Å². The number of hydrogen-bond acceptors (Lipinski definition) is 8. The number of sulfone groups is 1. The van der Waals surface area contributed by atoms with Gasteiger partial charge in [-0.3, -0.25) is 9.78 Å². The van der Waals surface area contributed by atoms with Crippen molar-refractivity contribution in [2.24, 2.45) is 0 Å². The molecule has 1 aliphatic carbocycles. The predicted octanol–water partition coefficient (Wildman–Crippen LogP) is 4.27. The minimum absolute atomic E-state index is 0.0986. The molecule has 0 bridgehead atoms. The third kappa shape index (κ3) is 4.77. The summed E-state index contributed by atoms with van der Waals surface area (Å²) >= 11 is 0. The Kier molecular flexibility index (Phi) is 6.16. The van der Waals surface area contributed by atoms with E-state index in [0.717, 1.165) is 28.2 Å². The molecule has 9 nitrogen and oxygen atoms in total. The van der Waals surface area contributed by atoms with Gasteiger partial charge in [0.05, 0.1) is 53.8 Å². The smallest absolute Gasteiger partial charge is 0.251 e. The Morgan fingerprint density at radius 1 is 1.05 bits per heavy atom. The van der Waals surface area contributed by atoms with E-state index in [1.807, 2.05) is 18.2 Å². The zero-order valence-corrected chi connectivity index (χ0v) is 22.6. The van der Waals surface area contributed by atoms with E-state index >= 15 is 0 Å². The fourth-order valence-electron chi connectivity index (χ4n) is 5.28. The maximum atomic E-state index is 12.9. The largest absolute Gasteiger partial charge is 0.490 e. The first-order chi connectivity index (χ1) is 19.4. The van der Waals surface area contributed by atoms with Crippen LogP contribution in [0.1, 0.15) is 45.9 Å². The fourth-order valence-corrected chi connectivity index (χ4v) is 6.67. The van der Waals surface area contributed by atoms with Gasteiger partial charge in [0.2, 0.25) is 0 Å². The van der Waals surface area contributed by atoms with Crippen LogP contribution in [0.4, 0.5) is 11.5 Å². The lowest BCUT2D eigenvalue weighted by Gasteiger charge is -2.31. The maximum absolute atomic E-state index is 12.9. The van der Waals surface area contributed by atoms with Gasteiger partial charge in [-0.1, -0.05) is 12.1 Å². The lowest BCUT2D eigenvalue weighted by atomic mass is 10.1. The molecule has 2 aliphatic heterocycles. The number of ether oxygens (including phenoxy) is 2. The first-order valence-corrected chi connectivity index (χ1v) is 15.1. The molecular weight excluding hydrogens is 528 g/mol. The molecule has 0 saturated heterocycles. The van der Waals surface area contributed by atoms with E-state index in [1.165, 1.54) is 24.5 Å². The quantitative estimate of drug-likeness (QED) is 0.388. The summed E-state index contributed by atoms with van der Waals surface area (Å²) in [6.45, 7) is 1.82. The summed E-state index contributed by atoms with van der Waals surface area (Å²) in [7, 11) is -3.50. The zero-order chi connectivity index (χ0) is 27.3. The highest BCUT2D eigenvalue weighted by Crippen LogP contribution is 2.44. The van der Waals surface area contributed by atoms with E-state index in [0.29, 0.717) is 30.3 Å². The molecule has 3 aliphatic rings. The summed E-state index contributed by atoms with van der Waals surface area (Å²) in [6, 6.07) is 17.0. The summed E-state index contributed by atoms with van der Waals surface area (Å²) in [5.74, 6) is 1.91. The molecule has 0 atom stereocenters. The monoisotopic (exact) mass is 556 g/mol. The summed E-state index contributed by atoms with van der Waals surface area (Å²) in [6.07, 6.45) is 4.24. The average molecular weight is 557 g/mol. The van der Waals surface area contributed by atoms with E-state index in [2.05, 4.69) is 33.4 Å². The van der Waals surface area contributed by atoms with Crippen LogP contribution in [0.5, 0.6) is 5.75 Å². The normalized spacial score (nSPS) is 17.9. The Bertz CT molecular complexity index is 1750. The van der Waals surface area contributed by atoms with Crippen LogP contribution in [0.2, 0.25) is 0 Å². The van der Waals surface area contributed by atoms with E-state index in [4.69, 9.17) is 14.5 Å². The first kappa shape index (κ1) is 25.0. The lowest BCUT2D eigenvalue weighted by molar-refractivity contribution is 0.0950. The summed E-state index contributed by atoms with van der Waals surface area (Å²) in [4.78, 5) is 24.7. The van der Waals surface area contributed by atoms with Gasteiger partial charge in [-0.2, -0.15) is 0 Å². The number of rotatable bonds is 5. The van der Waals surface area contributed by atoms with Crippen molar-refractivity contribution in [3.63, 3.8) is 0 Å². The Labute approximate surface area is 232 Å². The number of hydrogen-bond donors (Lipinski definition) is 1. The molecule has 204 valence electrons. The molecular formula is C30H28N4O5S. The van der Waals surface area contributed by atoms with Gasteiger partial charge in [-0.05, 0) is 72.4 Å². The zero-order valence-electron chi connectivity index (χ0n) is 21.8. The van der Waals surface area contributed by atoms with Crippen molar-refractivity contribution in [1.82, 2.24) is 15.3 Å². The second-order valence-corrected chi connectivity index (χ2v) is 12.5. The van der Waals surface area contributed by atoms with E-state index in [1.54, 1.807) is 18.3 Å². The highest BCUT2D eigenvalue weighted by atomic mass is 32.2. The topological polar surface area (TPSA) is 111 Å². The molecule has 40 heavy (non-hydrogen) atoms. The van der Waals surface area contributed by atoms with Crippen molar-refractivity contribution < 1.29 is 22.7 Å². The minimum atomic E-state index is -3.50. The summed E-state index contributed by atoms with van der Waals surface area (Å²) < 4.78 is 36.5. The molecule has 10 heteroatoms. The molecule has 4 aromatic rings. The predicted molar refractivity (Wildman–Crippen MR) is 150 cm³/mol. The van der Waals surface area contributed by atoms with Crippen LogP contribution in [0.15, 0.2) is 65.7 Å². The van der Waals surface area contributed by atoms with E-state index < -0.39 is 9.84 Å². The van der Waals surface area contributed by atoms with Gasteiger partial charge in [0.1, 0.15) is 18.2 Å². The van der Waals surface area contributed by atoms with Gasteiger partial charge in [-0.25, -0.2) is 13.4 Å². The molecule has 2 aromatic carbocycles. The van der Waals surface area contributed by atoms with E-state index in [9.17, 15) is 13.2 Å². The first-order valence-electron chi connectivity index (χ1n) is 13.5. The van der Waals surface area contributed by atoms with Gasteiger partial charge < -0.3 is 19.7 Å². The molecule has 0 radical (unpaired) electrons. The number of nitrogens with one attached hydrogen (secondary N) is 1.